The molecule has 0 aliphatic rings. The molecular weight excluding hydrogens is 226 g/mol. The Morgan fingerprint density at radius 1 is 1.47 bits per heavy atom. The van der Waals surface area contributed by atoms with Gasteiger partial charge >= 0.3 is 0 Å². The Morgan fingerprint density at radius 2 is 2.18 bits per heavy atom. The number of nitrogens with zero attached hydrogens (tertiary/aromatic N) is 1. The van der Waals surface area contributed by atoms with Gasteiger partial charge in [0.05, 0.1) is 6.07 Å². The molecule has 1 aromatic rings. The van der Waals surface area contributed by atoms with Crippen LogP contribution in [0, 0.1) is 28.9 Å². The minimum Gasteiger partial charge on any atom is -0.351 e. The number of halogens is 2. The first kappa shape index (κ1) is 13.1. The van der Waals surface area contributed by atoms with Gasteiger partial charge in [0.25, 0.3) is 0 Å². The number of nitrogens with one attached hydrogen (secondary N) is 1. The second-order valence-electron chi connectivity index (χ2n) is 3.56. The first-order valence-electron chi connectivity index (χ1n) is 5.19. The van der Waals surface area contributed by atoms with E-state index in [1.54, 1.807) is 6.92 Å². The molecule has 1 amide bonds. The Morgan fingerprint density at radius 3 is 2.71 bits per heavy atom. The second-order valence-corrected chi connectivity index (χ2v) is 3.56. The van der Waals surface area contributed by atoms with Crippen LogP contribution in [0.4, 0.5) is 8.78 Å². The molecule has 90 valence electrons. The fourth-order valence-electron chi connectivity index (χ4n) is 1.30. The van der Waals surface area contributed by atoms with E-state index in [0.717, 1.165) is 12.1 Å². The van der Waals surface area contributed by atoms with E-state index in [1.807, 2.05) is 6.07 Å². The Bertz CT molecular complexity index is 454. The maximum atomic E-state index is 12.9. The van der Waals surface area contributed by atoms with Crippen molar-refractivity contribution in [3.63, 3.8) is 0 Å². The summed E-state index contributed by atoms with van der Waals surface area (Å²) < 4.78 is 25.5. The Balaban J connectivity index is 2.59. The summed E-state index contributed by atoms with van der Waals surface area (Å²) in [5, 5.41) is 11.2. The summed E-state index contributed by atoms with van der Waals surface area (Å²) >= 11 is 0. The zero-order chi connectivity index (χ0) is 12.8. The van der Waals surface area contributed by atoms with Crippen LogP contribution in [0.25, 0.3) is 0 Å². The highest BCUT2D eigenvalue weighted by molar-refractivity contribution is 5.80. The number of benzene rings is 1. The van der Waals surface area contributed by atoms with E-state index in [2.05, 4.69) is 5.32 Å². The molecule has 0 aliphatic heterocycles. The van der Waals surface area contributed by atoms with Crippen molar-refractivity contribution < 1.29 is 13.6 Å². The minimum absolute atomic E-state index is 0.0776. The number of nitriles is 1. The number of carbonyl (C=O) groups excluding carboxylic acids is 1. The number of amides is 1. The minimum atomic E-state index is -0.955. The number of hydrogen-bond donors (Lipinski definition) is 1. The summed E-state index contributed by atoms with van der Waals surface area (Å²) in [6.07, 6.45) is 0.417. The molecule has 0 saturated carbocycles. The number of carbonyl (C=O) groups is 1. The highest BCUT2D eigenvalue weighted by Crippen LogP contribution is 2.09. The molecule has 0 radical (unpaired) electrons. The highest BCUT2D eigenvalue weighted by atomic mass is 19.2. The molecule has 17 heavy (non-hydrogen) atoms. The van der Waals surface area contributed by atoms with Gasteiger partial charge in [0.15, 0.2) is 11.6 Å². The molecule has 0 saturated heterocycles. The summed E-state index contributed by atoms with van der Waals surface area (Å²) in [4.78, 5) is 11.4. The van der Waals surface area contributed by atoms with E-state index in [9.17, 15) is 13.6 Å². The van der Waals surface area contributed by atoms with Crippen LogP contribution in [0.3, 0.4) is 0 Å². The fraction of sp³-hybridized carbons (Fsp3) is 0.333. The van der Waals surface area contributed by atoms with Gasteiger partial charge in [-0.2, -0.15) is 5.26 Å². The van der Waals surface area contributed by atoms with Crippen molar-refractivity contribution in [2.75, 3.05) is 0 Å². The molecular formula is C12H12F2N2O. The average molecular weight is 238 g/mol. The lowest BCUT2D eigenvalue weighted by Crippen LogP contribution is -2.29. The predicted molar refractivity (Wildman–Crippen MR) is 57.6 cm³/mol. The quantitative estimate of drug-likeness (QED) is 0.873. The molecule has 1 unspecified atom stereocenters. The standard InChI is InChI=1S/C12H12F2N2O/c1-2-9(6-15)12(17)16-7-8-3-4-10(13)11(14)5-8/h3-5,9H,2,7H2,1H3,(H,16,17). The summed E-state index contributed by atoms with van der Waals surface area (Å²) in [5.41, 5.74) is 0.449. The highest BCUT2D eigenvalue weighted by Gasteiger charge is 2.14. The molecule has 0 aliphatic carbocycles. The lowest BCUT2D eigenvalue weighted by Gasteiger charge is -2.08. The second kappa shape index (κ2) is 5.94. The zero-order valence-electron chi connectivity index (χ0n) is 9.34. The van der Waals surface area contributed by atoms with Gasteiger partial charge in [-0.15, -0.1) is 0 Å². The van der Waals surface area contributed by atoms with E-state index < -0.39 is 23.5 Å². The van der Waals surface area contributed by atoms with Gasteiger partial charge in [-0.05, 0) is 24.1 Å². The van der Waals surface area contributed by atoms with Crippen LogP contribution in [0.1, 0.15) is 18.9 Å². The first-order valence-corrected chi connectivity index (χ1v) is 5.19. The molecule has 3 nitrogen and oxygen atoms in total. The SMILES string of the molecule is CCC(C#N)C(=O)NCc1ccc(F)c(F)c1. The largest absolute Gasteiger partial charge is 0.351 e. The van der Waals surface area contributed by atoms with Crippen LogP contribution in [0.15, 0.2) is 18.2 Å². The van der Waals surface area contributed by atoms with Crippen molar-refractivity contribution in [2.24, 2.45) is 5.92 Å². The van der Waals surface area contributed by atoms with Crippen molar-refractivity contribution in [3.05, 3.63) is 35.4 Å². The Labute approximate surface area is 98.1 Å². The molecule has 1 aromatic carbocycles. The summed E-state index contributed by atoms with van der Waals surface area (Å²) in [5.74, 6) is -2.99. The normalized spacial score (nSPS) is 11.6. The predicted octanol–water partition coefficient (Wildman–Crippen LogP) is 2.13. The van der Waals surface area contributed by atoms with Gasteiger partial charge in [0.1, 0.15) is 5.92 Å². The van der Waals surface area contributed by atoms with Crippen LogP contribution in [0.5, 0.6) is 0 Å². The monoisotopic (exact) mass is 238 g/mol. The average Bonchev–Trinajstić information content (AvgIpc) is 2.32. The topological polar surface area (TPSA) is 52.9 Å². The molecule has 0 aromatic heterocycles. The van der Waals surface area contributed by atoms with Gasteiger partial charge in [0, 0.05) is 6.54 Å². The molecule has 0 spiro atoms. The molecule has 5 heteroatoms. The van der Waals surface area contributed by atoms with E-state index in [1.165, 1.54) is 6.07 Å². The lowest BCUT2D eigenvalue weighted by atomic mass is 10.1. The van der Waals surface area contributed by atoms with E-state index in [4.69, 9.17) is 5.26 Å². The molecule has 1 rings (SSSR count). The fourth-order valence-corrected chi connectivity index (χ4v) is 1.30. The third kappa shape index (κ3) is 3.52. The van der Waals surface area contributed by atoms with E-state index in [-0.39, 0.29) is 6.54 Å². The number of hydrogen-bond acceptors (Lipinski definition) is 2. The van der Waals surface area contributed by atoms with E-state index >= 15 is 0 Å². The molecule has 0 fully saturated rings. The van der Waals surface area contributed by atoms with Crippen LogP contribution in [0.2, 0.25) is 0 Å². The molecule has 0 bridgehead atoms. The van der Waals surface area contributed by atoms with E-state index in [0.29, 0.717) is 12.0 Å². The van der Waals surface area contributed by atoms with Crippen LogP contribution >= 0.6 is 0 Å². The van der Waals surface area contributed by atoms with Crippen molar-refractivity contribution in [2.45, 2.75) is 19.9 Å². The molecule has 1 N–H and O–H groups in total. The Hall–Kier alpha value is -1.96. The van der Waals surface area contributed by atoms with Crippen molar-refractivity contribution in [1.82, 2.24) is 5.32 Å². The van der Waals surface area contributed by atoms with Gasteiger partial charge in [-0.3, -0.25) is 4.79 Å². The van der Waals surface area contributed by atoms with Gasteiger partial charge in [0.2, 0.25) is 5.91 Å². The van der Waals surface area contributed by atoms with Crippen molar-refractivity contribution in [1.29, 1.82) is 5.26 Å². The smallest absolute Gasteiger partial charge is 0.237 e. The Kier molecular flexibility index (Phi) is 4.58. The third-order valence-electron chi connectivity index (χ3n) is 2.33. The summed E-state index contributed by atoms with van der Waals surface area (Å²) in [6.45, 7) is 1.80. The van der Waals surface area contributed by atoms with Crippen molar-refractivity contribution >= 4 is 5.91 Å². The zero-order valence-corrected chi connectivity index (χ0v) is 9.34. The summed E-state index contributed by atoms with van der Waals surface area (Å²) in [7, 11) is 0. The maximum absolute atomic E-state index is 12.9. The van der Waals surface area contributed by atoms with Gasteiger partial charge in [-0.1, -0.05) is 13.0 Å². The van der Waals surface area contributed by atoms with Crippen LogP contribution in [-0.4, -0.2) is 5.91 Å². The van der Waals surface area contributed by atoms with Gasteiger partial charge in [-0.25, -0.2) is 8.78 Å². The lowest BCUT2D eigenvalue weighted by molar-refractivity contribution is -0.123. The first-order chi connectivity index (χ1) is 8.08. The maximum Gasteiger partial charge on any atom is 0.237 e. The third-order valence-corrected chi connectivity index (χ3v) is 2.33. The number of rotatable bonds is 4. The molecule has 0 heterocycles. The van der Waals surface area contributed by atoms with Crippen LogP contribution < -0.4 is 5.32 Å². The summed E-state index contributed by atoms with van der Waals surface area (Å²) in [6, 6.07) is 5.26. The van der Waals surface area contributed by atoms with Crippen molar-refractivity contribution in [3.8, 4) is 6.07 Å². The van der Waals surface area contributed by atoms with Crippen LogP contribution in [-0.2, 0) is 11.3 Å². The molecule has 1 atom stereocenters. The van der Waals surface area contributed by atoms with Gasteiger partial charge < -0.3 is 5.32 Å².